The van der Waals surface area contributed by atoms with Gasteiger partial charge >= 0.3 is 5.97 Å². The van der Waals surface area contributed by atoms with E-state index in [2.05, 4.69) is 21.2 Å². The largest absolute Gasteiger partial charge is 0.481 e. The lowest BCUT2D eigenvalue weighted by atomic mass is 10.2. The monoisotopic (exact) mass is 319 g/mol. The number of aliphatic carboxylic acids is 1. The number of rotatable bonds is 4. The van der Waals surface area contributed by atoms with E-state index < -0.39 is 12.0 Å². The predicted octanol–water partition coefficient (Wildman–Crippen LogP) is 2.70. The van der Waals surface area contributed by atoms with Crippen molar-refractivity contribution in [3.63, 3.8) is 0 Å². The highest BCUT2D eigenvalue weighted by molar-refractivity contribution is 9.10. The Morgan fingerprint density at radius 3 is 2.71 bits per heavy atom. The normalized spacial score (nSPS) is 11.9. The van der Waals surface area contributed by atoms with E-state index in [-0.39, 0.29) is 12.3 Å². The summed E-state index contributed by atoms with van der Waals surface area (Å²) in [6.45, 7) is 1.62. The molecule has 1 amide bonds. The fourth-order valence-corrected chi connectivity index (χ4v) is 2.05. The summed E-state index contributed by atoms with van der Waals surface area (Å²) in [6.07, 6.45) is -0.125. The fourth-order valence-electron chi connectivity index (χ4n) is 1.29. The minimum Gasteiger partial charge on any atom is -0.481 e. The Kier molecular flexibility index (Phi) is 4.96. The fraction of sp³-hybridized carbons (Fsp3) is 0.273. The molecule has 0 bridgehead atoms. The molecule has 0 aliphatic rings. The van der Waals surface area contributed by atoms with E-state index in [1.54, 1.807) is 25.1 Å². The van der Waals surface area contributed by atoms with E-state index >= 15 is 0 Å². The van der Waals surface area contributed by atoms with Crippen molar-refractivity contribution >= 4 is 39.4 Å². The van der Waals surface area contributed by atoms with E-state index in [0.29, 0.717) is 10.6 Å². The molecular formula is C11H11BrClNO3. The molecule has 0 aliphatic carbocycles. The SMILES string of the molecule is CC(CC(=O)O)NC(=O)c1ccc(Br)cc1Cl. The van der Waals surface area contributed by atoms with E-state index in [0.717, 1.165) is 4.47 Å². The van der Waals surface area contributed by atoms with Crippen LogP contribution in [0.5, 0.6) is 0 Å². The van der Waals surface area contributed by atoms with Crippen LogP contribution < -0.4 is 5.32 Å². The number of carboxylic acids is 1. The second kappa shape index (κ2) is 6.02. The number of benzene rings is 1. The molecule has 0 heterocycles. The molecule has 0 aromatic heterocycles. The summed E-state index contributed by atoms with van der Waals surface area (Å²) < 4.78 is 0.776. The molecular weight excluding hydrogens is 309 g/mol. The molecule has 6 heteroatoms. The molecule has 0 saturated heterocycles. The molecule has 0 saturated carbocycles. The molecule has 1 unspecified atom stereocenters. The van der Waals surface area contributed by atoms with Crippen molar-refractivity contribution in [2.75, 3.05) is 0 Å². The van der Waals surface area contributed by atoms with Gasteiger partial charge in [0.25, 0.3) is 5.91 Å². The average Bonchev–Trinajstić information content (AvgIpc) is 2.15. The number of halogens is 2. The Balaban J connectivity index is 2.73. The van der Waals surface area contributed by atoms with Crippen molar-refractivity contribution in [1.82, 2.24) is 5.32 Å². The quantitative estimate of drug-likeness (QED) is 0.896. The van der Waals surface area contributed by atoms with Crippen LogP contribution in [0.2, 0.25) is 5.02 Å². The highest BCUT2D eigenvalue weighted by atomic mass is 79.9. The van der Waals surface area contributed by atoms with Crippen LogP contribution in [0, 0.1) is 0 Å². The van der Waals surface area contributed by atoms with Crippen molar-refractivity contribution in [3.05, 3.63) is 33.3 Å². The summed E-state index contributed by atoms with van der Waals surface area (Å²) in [4.78, 5) is 22.2. The number of carboxylic acid groups (broad SMARTS) is 1. The number of carbonyl (C=O) groups excluding carboxylic acids is 1. The lowest BCUT2D eigenvalue weighted by molar-refractivity contribution is -0.137. The number of hydrogen-bond acceptors (Lipinski definition) is 2. The number of carbonyl (C=O) groups is 2. The van der Waals surface area contributed by atoms with Crippen molar-refractivity contribution in [2.45, 2.75) is 19.4 Å². The standard InChI is InChI=1S/C11H11BrClNO3/c1-6(4-10(15)16)14-11(17)8-3-2-7(12)5-9(8)13/h2-3,5-6H,4H2,1H3,(H,14,17)(H,15,16). The van der Waals surface area contributed by atoms with Gasteiger partial charge in [-0.25, -0.2) is 0 Å². The molecule has 4 nitrogen and oxygen atoms in total. The van der Waals surface area contributed by atoms with Crippen molar-refractivity contribution < 1.29 is 14.7 Å². The maximum atomic E-state index is 11.8. The highest BCUT2D eigenvalue weighted by Crippen LogP contribution is 2.21. The predicted molar refractivity (Wildman–Crippen MR) is 68.3 cm³/mol. The Morgan fingerprint density at radius 1 is 1.53 bits per heavy atom. The molecule has 1 aromatic carbocycles. The first-order valence-corrected chi connectivity index (χ1v) is 6.05. The van der Waals surface area contributed by atoms with E-state index in [1.165, 1.54) is 0 Å². The summed E-state index contributed by atoms with van der Waals surface area (Å²) in [5, 5.41) is 11.5. The third kappa shape index (κ3) is 4.36. The van der Waals surface area contributed by atoms with Gasteiger partial charge < -0.3 is 10.4 Å². The van der Waals surface area contributed by atoms with Gasteiger partial charge in [0, 0.05) is 10.5 Å². The molecule has 1 aromatic rings. The highest BCUT2D eigenvalue weighted by Gasteiger charge is 2.14. The van der Waals surface area contributed by atoms with Gasteiger partial charge in [-0.2, -0.15) is 0 Å². The lowest BCUT2D eigenvalue weighted by Crippen LogP contribution is -2.34. The van der Waals surface area contributed by atoms with Gasteiger partial charge in [0.2, 0.25) is 0 Å². The second-order valence-corrected chi connectivity index (χ2v) is 4.92. The van der Waals surface area contributed by atoms with Gasteiger partial charge in [-0.15, -0.1) is 0 Å². The third-order valence-corrected chi connectivity index (χ3v) is 2.84. The summed E-state index contributed by atoms with van der Waals surface area (Å²) in [5.41, 5.74) is 0.326. The zero-order valence-electron chi connectivity index (χ0n) is 9.04. The van der Waals surface area contributed by atoms with E-state index in [4.69, 9.17) is 16.7 Å². The Morgan fingerprint density at radius 2 is 2.18 bits per heavy atom. The Hall–Kier alpha value is -1.07. The van der Waals surface area contributed by atoms with Crippen LogP contribution in [-0.4, -0.2) is 23.0 Å². The molecule has 0 fully saturated rings. The number of hydrogen-bond donors (Lipinski definition) is 2. The van der Waals surface area contributed by atoms with Crippen LogP contribution in [0.1, 0.15) is 23.7 Å². The molecule has 1 rings (SSSR count). The zero-order valence-corrected chi connectivity index (χ0v) is 11.4. The summed E-state index contributed by atoms with van der Waals surface area (Å²) in [5.74, 6) is -1.34. The first-order chi connectivity index (χ1) is 7.90. The van der Waals surface area contributed by atoms with Crippen molar-refractivity contribution in [2.24, 2.45) is 0 Å². The van der Waals surface area contributed by atoms with Crippen LogP contribution in [0.4, 0.5) is 0 Å². The third-order valence-electron chi connectivity index (χ3n) is 2.03. The first-order valence-electron chi connectivity index (χ1n) is 4.88. The summed E-state index contributed by atoms with van der Waals surface area (Å²) >= 11 is 9.14. The van der Waals surface area contributed by atoms with E-state index in [1.807, 2.05) is 0 Å². The molecule has 2 N–H and O–H groups in total. The van der Waals surface area contributed by atoms with Gasteiger partial charge in [-0.05, 0) is 25.1 Å². The van der Waals surface area contributed by atoms with Gasteiger partial charge in [0.15, 0.2) is 0 Å². The van der Waals surface area contributed by atoms with Gasteiger partial charge in [-0.1, -0.05) is 27.5 Å². The van der Waals surface area contributed by atoms with E-state index in [9.17, 15) is 9.59 Å². The van der Waals surface area contributed by atoms with Crippen molar-refractivity contribution in [1.29, 1.82) is 0 Å². The molecule has 0 radical (unpaired) electrons. The first kappa shape index (κ1) is 14.0. The topological polar surface area (TPSA) is 66.4 Å². The Labute approximate surface area is 112 Å². The maximum absolute atomic E-state index is 11.8. The molecule has 1 atom stereocenters. The van der Waals surface area contributed by atoms with Crippen LogP contribution in [0.3, 0.4) is 0 Å². The minimum absolute atomic E-state index is 0.125. The van der Waals surface area contributed by atoms with Crippen LogP contribution in [0.25, 0.3) is 0 Å². The second-order valence-electron chi connectivity index (χ2n) is 3.60. The lowest BCUT2D eigenvalue weighted by Gasteiger charge is -2.12. The zero-order chi connectivity index (χ0) is 13.0. The molecule has 17 heavy (non-hydrogen) atoms. The van der Waals surface area contributed by atoms with Gasteiger partial charge in [-0.3, -0.25) is 9.59 Å². The van der Waals surface area contributed by atoms with Crippen LogP contribution >= 0.6 is 27.5 Å². The van der Waals surface area contributed by atoms with Crippen LogP contribution in [-0.2, 0) is 4.79 Å². The van der Waals surface area contributed by atoms with Crippen LogP contribution in [0.15, 0.2) is 22.7 Å². The summed E-state index contributed by atoms with van der Waals surface area (Å²) in [7, 11) is 0. The molecule has 92 valence electrons. The number of amides is 1. The maximum Gasteiger partial charge on any atom is 0.305 e. The van der Waals surface area contributed by atoms with Gasteiger partial charge in [0.05, 0.1) is 17.0 Å². The average molecular weight is 321 g/mol. The molecule has 0 aliphatic heterocycles. The number of nitrogens with one attached hydrogen (secondary N) is 1. The van der Waals surface area contributed by atoms with Crippen molar-refractivity contribution in [3.8, 4) is 0 Å². The molecule has 0 spiro atoms. The summed E-state index contributed by atoms with van der Waals surface area (Å²) in [6, 6.07) is 4.44. The van der Waals surface area contributed by atoms with Gasteiger partial charge in [0.1, 0.15) is 0 Å². The smallest absolute Gasteiger partial charge is 0.305 e. The minimum atomic E-state index is -0.959. The Bertz CT molecular complexity index is 450.